The molecule has 36 heavy (non-hydrogen) atoms. The van der Waals surface area contributed by atoms with Gasteiger partial charge < -0.3 is 33.7 Å². The number of anilines is 1. The van der Waals surface area contributed by atoms with E-state index in [1.807, 2.05) is 20.8 Å². The number of nitrogens with one attached hydrogen (secondary N) is 1. The van der Waals surface area contributed by atoms with Gasteiger partial charge in [-0.1, -0.05) is 0 Å². The number of carbonyl (C=O) groups is 3. The Morgan fingerprint density at radius 3 is 1.97 bits per heavy atom. The van der Waals surface area contributed by atoms with Crippen LogP contribution in [-0.2, 0) is 14.2 Å². The van der Waals surface area contributed by atoms with Crippen LogP contribution in [-0.4, -0.2) is 64.6 Å². The predicted octanol–water partition coefficient (Wildman–Crippen LogP) is 4.48. The molecule has 198 valence electrons. The fraction of sp³-hybridized carbons (Fsp3) is 0.480. The lowest BCUT2D eigenvalue weighted by molar-refractivity contribution is 0.0392. The zero-order valence-electron chi connectivity index (χ0n) is 21.5. The lowest BCUT2D eigenvalue weighted by atomic mass is 10.1. The van der Waals surface area contributed by atoms with E-state index in [1.54, 1.807) is 13.8 Å². The molecule has 0 aliphatic carbocycles. The number of ether oxygens (including phenoxy) is 6. The summed E-state index contributed by atoms with van der Waals surface area (Å²) < 4.78 is 32.3. The third-order valence-electron chi connectivity index (χ3n) is 4.73. The summed E-state index contributed by atoms with van der Waals surface area (Å²) in [6.45, 7) is 10.2. The minimum atomic E-state index is -0.658. The van der Waals surface area contributed by atoms with Crippen molar-refractivity contribution in [2.24, 2.45) is 0 Å². The van der Waals surface area contributed by atoms with Crippen molar-refractivity contribution in [1.82, 2.24) is 0 Å². The molecule has 0 bridgehead atoms. The number of benzene rings is 1. The van der Waals surface area contributed by atoms with Crippen LogP contribution in [0.3, 0.4) is 0 Å². The molecule has 0 fully saturated rings. The Balaban J connectivity index is 2.48. The normalized spacial score (nSPS) is 10.5. The number of hydrogen-bond acceptors (Lipinski definition) is 10. The summed E-state index contributed by atoms with van der Waals surface area (Å²) in [5, 5.41) is 2.90. The molecule has 0 saturated heterocycles. The fourth-order valence-electron chi connectivity index (χ4n) is 3.22. The monoisotopic (exact) mass is 523 g/mol. The number of amides is 1. The van der Waals surface area contributed by atoms with E-state index in [2.05, 4.69) is 5.32 Å². The summed E-state index contributed by atoms with van der Waals surface area (Å²) in [6, 6.07) is 3.08. The molecule has 0 spiro atoms. The molecule has 1 aromatic heterocycles. The summed E-state index contributed by atoms with van der Waals surface area (Å²) in [6.07, 6.45) is 0. The highest BCUT2D eigenvalue weighted by atomic mass is 32.1. The van der Waals surface area contributed by atoms with Crippen LogP contribution in [0.2, 0.25) is 0 Å². The van der Waals surface area contributed by atoms with E-state index in [1.165, 1.54) is 19.2 Å². The minimum Gasteiger partial charge on any atom is -0.490 e. The molecule has 1 heterocycles. The Morgan fingerprint density at radius 2 is 1.44 bits per heavy atom. The molecule has 0 aliphatic rings. The largest absolute Gasteiger partial charge is 0.490 e. The Kier molecular flexibility index (Phi) is 11.5. The van der Waals surface area contributed by atoms with Gasteiger partial charge in [0.05, 0.1) is 38.6 Å². The molecular formula is C25H33NO9S. The first-order chi connectivity index (χ1) is 17.3. The van der Waals surface area contributed by atoms with Gasteiger partial charge in [0.15, 0.2) is 11.5 Å². The lowest BCUT2D eigenvalue weighted by Crippen LogP contribution is -2.16. The highest BCUT2D eigenvalue weighted by Crippen LogP contribution is 2.40. The second-order valence-electron chi connectivity index (χ2n) is 7.16. The van der Waals surface area contributed by atoms with Crippen LogP contribution in [0, 0.1) is 6.92 Å². The van der Waals surface area contributed by atoms with Crippen LogP contribution >= 0.6 is 11.3 Å². The summed E-state index contributed by atoms with van der Waals surface area (Å²) in [5.74, 6) is -0.714. The second-order valence-corrected chi connectivity index (χ2v) is 8.18. The molecule has 0 radical (unpaired) electrons. The van der Waals surface area contributed by atoms with Gasteiger partial charge >= 0.3 is 11.9 Å². The van der Waals surface area contributed by atoms with Crippen LogP contribution in [0.4, 0.5) is 5.00 Å². The molecule has 11 heteroatoms. The van der Waals surface area contributed by atoms with Crippen molar-refractivity contribution in [3.8, 4) is 17.2 Å². The van der Waals surface area contributed by atoms with Crippen LogP contribution in [0.25, 0.3) is 0 Å². The molecule has 0 aliphatic heterocycles. The average Bonchev–Trinajstić information content (AvgIpc) is 3.17. The van der Waals surface area contributed by atoms with Gasteiger partial charge in [-0.2, -0.15) is 0 Å². The van der Waals surface area contributed by atoms with Gasteiger partial charge in [0.25, 0.3) is 5.91 Å². The van der Waals surface area contributed by atoms with E-state index in [9.17, 15) is 14.4 Å². The van der Waals surface area contributed by atoms with Gasteiger partial charge in [0.2, 0.25) is 5.75 Å². The Bertz CT molecular complexity index is 1040. The van der Waals surface area contributed by atoms with Crippen molar-refractivity contribution in [3.63, 3.8) is 0 Å². The molecule has 0 saturated carbocycles. The summed E-state index contributed by atoms with van der Waals surface area (Å²) in [7, 11) is 1.49. The van der Waals surface area contributed by atoms with Gasteiger partial charge in [-0.05, 0) is 52.3 Å². The molecule has 1 aromatic carbocycles. The second kappa shape index (κ2) is 14.3. The number of carbonyl (C=O) groups excluding carboxylic acids is 3. The Labute approximate surface area is 214 Å². The molecule has 2 rings (SSSR count). The topological polar surface area (TPSA) is 119 Å². The number of rotatable bonds is 14. The number of esters is 2. The number of hydrogen-bond donors (Lipinski definition) is 1. The SMILES string of the molecule is CCOC(=O)c1c(NC(=O)c2cc(OCC)c(OCC)c(OCC)c2)sc(C(=O)OCCOC)c1C. The third-order valence-corrected chi connectivity index (χ3v) is 5.92. The fourth-order valence-corrected chi connectivity index (χ4v) is 4.31. The van der Waals surface area contributed by atoms with Crippen LogP contribution in [0.15, 0.2) is 12.1 Å². The van der Waals surface area contributed by atoms with Gasteiger partial charge in [0.1, 0.15) is 16.5 Å². The molecule has 1 N–H and O–H groups in total. The van der Waals surface area contributed by atoms with E-state index >= 15 is 0 Å². The standard InChI is InChI=1S/C25H33NO9S/c1-7-31-17-13-16(14-18(32-8-2)20(17)33-9-3)22(27)26-23-19(24(28)34-10-4)15(5)21(36-23)25(29)35-12-11-30-6/h13-14H,7-12H2,1-6H3,(H,26,27). The molecule has 0 unspecified atom stereocenters. The zero-order chi connectivity index (χ0) is 26.7. The van der Waals surface area contributed by atoms with E-state index in [-0.39, 0.29) is 40.8 Å². The highest BCUT2D eigenvalue weighted by Gasteiger charge is 2.28. The first kappa shape index (κ1) is 28.9. The molecule has 2 aromatic rings. The van der Waals surface area contributed by atoms with Crippen molar-refractivity contribution in [2.45, 2.75) is 34.6 Å². The maximum atomic E-state index is 13.3. The van der Waals surface area contributed by atoms with Gasteiger partial charge in [-0.25, -0.2) is 9.59 Å². The quantitative estimate of drug-likeness (QED) is 0.282. The first-order valence-electron chi connectivity index (χ1n) is 11.7. The first-order valence-corrected chi connectivity index (χ1v) is 12.5. The predicted molar refractivity (Wildman–Crippen MR) is 135 cm³/mol. The van der Waals surface area contributed by atoms with Gasteiger partial charge in [-0.15, -0.1) is 11.3 Å². The lowest BCUT2D eigenvalue weighted by Gasteiger charge is -2.17. The van der Waals surface area contributed by atoms with Crippen molar-refractivity contribution >= 4 is 34.2 Å². The maximum Gasteiger partial charge on any atom is 0.348 e. The molecule has 0 atom stereocenters. The average molecular weight is 524 g/mol. The highest BCUT2D eigenvalue weighted by molar-refractivity contribution is 7.18. The van der Waals surface area contributed by atoms with Crippen molar-refractivity contribution < 1.29 is 42.8 Å². The van der Waals surface area contributed by atoms with Gasteiger partial charge in [0, 0.05) is 12.7 Å². The van der Waals surface area contributed by atoms with Crippen molar-refractivity contribution in [2.75, 3.05) is 52.1 Å². The molecule has 1 amide bonds. The van der Waals surface area contributed by atoms with E-state index in [4.69, 9.17) is 28.4 Å². The third kappa shape index (κ3) is 7.11. The van der Waals surface area contributed by atoms with Crippen molar-refractivity contribution in [1.29, 1.82) is 0 Å². The summed E-state index contributed by atoms with van der Waals surface area (Å²) in [5.41, 5.74) is 0.665. The Hall–Kier alpha value is -3.31. The summed E-state index contributed by atoms with van der Waals surface area (Å²) in [4.78, 5) is 38.8. The molecule has 10 nitrogen and oxygen atoms in total. The molecular weight excluding hydrogens is 490 g/mol. The van der Waals surface area contributed by atoms with Gasteiger partial charge in [-0.3, -0.25) is 4.79 Å². The van der Waals surface area contributed by atoms with E-state index in [0.29, 0.717) is 42.6 Å². The number of thiophene rings is 1. The van der Waals surface area contributed by atoms with Crippen LogP contribution < -0.4 is 19.5 Å². The van der Waals surface area contributed by atoms with Crippen LogP contribution in [0.1, 0.15) is 63.6 Å². The number of methoxy groups -OCH3 is 1. The minimum absolute atomic E-state index is 0.0513. The van der Waals surface area contributed by atoms with E-state index < -0.39 is 17.8 Å². The smallest absolute Gasteiger partial charge is 0.348 e. The van der Waals surface area contributed by atoms with Crippen molar-refractivity contribution in [3.05, 3.63) is 33.7 Å². The summed E-state index contributed by atoms with van der Waals surface area (Å²) >= 11 is 0.934. The Morgan fingerprint density at radius 1 is 0.833 bits per heavy atom. The van der Waals surface area contributed by atoms with Crippen LogP contribution in [0.5, 0.6) is 17.2 Å². The maximum absolute atomic E-state index is 13.3. The zero-order valence-corrected chi connectivity index (χ0v) is 22.3. The van der Waals surface area contributed by atoms with E-state index in [0.717, 1.165) is 11.3 Å².